The minimum Gasteiger partial charge on any atom is -0.481 e. The molecule has 8 heteroatoms. The van der Waals surface area contributed by atoms with E-state index in [-0.39, 0.29) is 0 Å². The fourth-order valence-corrected chi connectivity index (χ4v) is 6.49. The summed E-state index contributed by atoms with van der Waals surface area (Å²) in [5.41, 5.74) is 7.02. The predicted octanol–water partition coefficient (Wildman–Crippen LogP) is 4.88. The molecule has 1 fully saturated rings. The molecule has 178 valence electrons. The van der Waals surface area contributed by atoms with Gasteiger partial charge in [-0.1, -0.05) is 18.2 Å². The first kappa shape index (κ1) is 21.9. The molecule has 0 N–H and O–H groups in total. The number of pyridine rings is 2. The van der Waals surface area contributed by atoms with Crippen LogP contribution in [0.1, 0.15) is 18.4 Å². The summed E-state index contributed by atoms with van der Waals surface area (Å²) in [6, 6.07) is 18.1. The monoisotopic (exact) mass is 486 g/mol. The van der Waals surface area contributed by atoms with E-state index < -0.39 is 14.6 Å². The smallest absolute Gasteiger partial charge is 0.212 e. The van der Waals surface area contributed by atoms with Gasteiger partial charge in [0.15, 0.2) is 9.84 Å². The molecule has 0 atom stereocenters. The van der Waals surface area contributed by atoms with Crippen molar-refractivity contribution in [3.8, 4) is 17.0 Å². The zero-order valence-corrected chi connectivity index (χ0v) is 20.7. The lowest BCUT2D eigenvalue weighted by Crippen LogP contribution is -2.24. The van der Waals surface area contributed by atoms with E-state index in [1.54, 1.807) is 7.11 Å². The van der Waals surface area contributed by atoms with Crippen LogP contribution in [0.2, 0.25) is 0 Å². The Hall–Kier alpha value is -3.65. The molecule has 6 rings (SSSR count). The van der Waals surface area contributed by atoms with Crippen LogP contribution in [-0.4, -0.2) is 45.5 Å². The maximum absolute atomic E-state index is 12.4. The van der Waals surface area contributed by atoms with Crippen molar-refractivity contribution in [2.75, 3.05) is 36.9 Å². The first-order valence-corrected chi connectivity index (χ1v) is 13.4. The number of aromatic nitrogens is 2. The molecule has 35 heavy (non-hydrogen) atoms. The van der Waals surface area contributed by atoms with Crippen molar-refractivity contribution in [2.45, 2.75) is 17.6 Å². The first-order chi connectivity index (χ1) is 16.8. The van der Waals surface area contributed by atoms with E-state index in [1.165, 1.54) is 6.26 Å². The summed E-state index contributed by atoms with van der Waals surface area (Å²) < 4.78 is 29.2. The van der Waals surface area contributed by atoms with Crippen LogP contribution in [0.15, 0.2) is 67.0 Å². The number of nitrogens with zero attached hydrogens (tertiary/aromatic N) is 4. The fourth-order valence-electron chi connectivity index (χ4n) is 5.08. The molecule has 2 aromatic heterocycles. The second-order valence-electron chi connectivity index (χ2n) is 9.39. The molecule has 1 aliphatic carbocycles. The average molecular weight is 487 g/mol. The topological polar surface area (TPSA) is 75.6 Å². The number of hydrogen-bond donors (Lipinski definition) is 0. The van der Waals surface area contributed by atoms with Gasteiger partial charge in [-0.2, -0.15) is 0 Å². The molecule has 0 radical (unpaired) electrons. The molecule has 0 unspecified atom stereocenters. The van der Waals surface area contributed by atoms with E-state index in [0.29, 0.717) is 25.4 Å². The van der Waals surface area contributed by atoms with E-state index in [2.05, 4.69) is 34.0 Å². The van der Waals surface area contributed by atoms with Crippen molar-refractivity contribution in [2.24, 2.45) is 0 Å². The molecule has 7 nitrogen and oxygen atoms in total. The van der Waals surface area contributed by atoms with E-state index in [1.807, 2.05) is 54.9 Å². The molecule has 0 spiro atoms. The Morgan fingerprint density at radius 1 is 0.943 bits per heavy atom. The van der Waals surface area contributed by atoms with Gasteiger partial charge in [-0.3, -0.25) is 4.98 Å². The van der Waals surface area contributed by atoms with Crippen LogP contribution in [0.4, 0.5) is 17.1 Å². The molecule has 0 bridgehead atoms. The molecular formula is C27H26N4O3S. The number of hydrogen-bond acceptors (Lipinski definition) is 7. The van der Waals surface area contributed by atoms with Gasteiger partial charge >= 0.3 is 0 Å². The third kappa shape index (κ3) is 3.43. The summed E-state index contributed by atoms with van der Waals surface area (Å²) in [7, 11) is 0.523. The van der Waals surface area contributed by atoms with Gasteiger partial charge in [0.2, 0.25) is 5.88 Å². The van der Waals surface area contributed by atoms with Crippen molar-refractivity contribution in [1.82, 2.24) is 9.97 Å². The van der Waals surface area contributed by atoms with Gasteiger partial charge in [-0.25, -0.2) is 13.4 Å². The highest BCUT2D eigenvalue weighted by atomic mass is 32.2. The summed E-state index contributed by atoms with van der Waals surface area (Å²) in [4.78, 5) is 13.5. The number of sulfone groups is 1. The molecule has 1 aliphatic heterocycles. The van der Waals surface area contributed by atoms with Gasteiger partial charge < -0.3 is 14.5 Å². The van der Waals surface area contributed by atoms with E-state index in [9.17, 15) is 8.42 Å². The lowest BCUT2D eigenvalue weighted by atomic mass is 10.0. The van der Waals surface area contributed by atoms with Crippen LogP contribution in [0.3, 0.4) is 0 Å². The zero-order chi connectivity index (χ0) is 24.4. The molecule has 3 heterocycles. The highest BCUT2D eigenvalue weighted by Gasteiger charge is 2.53. The Labute approximate surface area is 204 Å². The Kier molecular flexibility index (Phi) is 4.79. The van der Waals surface area contributed by atoms with Crippen LogP contribution >= 0.6 is 0 Å². The Morgan fingerprint density at radius 3 is 2.31 bits per heavy atom. The SMILES string of the molecule is COc1ccc(-c2ccc3ncc4c(c3c2)N(c2ccc(C3(S(C)(=O)=O)CC3)cc2)CN4C)cn1. The Balaban J connectivity index is 1.43. The van der Waals surface area contributed by atoms with Crippen molar-refractivity contribution in [3.63, 3.8) is 0 Å². The number of anilines is 3. The standard InChI is InChI=1S/C27H26N4O3S/c1-30-17-31(21-8-6-20(7-9-21)27(12-13-27)35(3,32)33)26-22-14-18(4-10-23(22)28-16-24(26)30)19-5-11-25(34-2)29-15-19/h4-11,14-16H,12-13,17H2,1-3H3. The lowest BCUT2D eigenvalue weighted by Gasteiger charge is -2.22. The van der Waals surface area contributed by atoms with Crippen molar-refractivity contribution < 1.29 is 13.2 Å². The van der Waals surface area contributed by atoms with Gasteiger partial charge in [0, 0.05) is 42.2 Å². The highest BCUT2D eigenvalue weighted by Crippen LogP contribution is 2.53. The molecule has 2 aromatic carbocycles. The van der Waals surface area contributed by atoms with E-state index >= 15 is 0 Å². The minimum absolute atomic E-state index is 0.581. The zero-order valence-electron chi connectivity index (χ0n) is 19.9. The van der Waals surface area contributed by atoms with Crippen LogP contribution in [0.5, 0.6) is 5.88 Å². The number of methoxy groups -OCH3 is 1. The molecule has 0 amide bonds. The molecule has 1 saturated carbocycles. The van der Waals surface area contributed by atoms with Gasteiger partial charge in [0.1, 0.15) is 0 Å². The Morgan fingerprint density at radius 2 is 1.69 bits per heavy atom. The van der Waals surface area contributed by atoms with Crippen LogP contribution < -0.4 is 14.5 Å². The summed E-state index contributed by atoms with van der Waals surface area (Å²) in [5, 5.41) is 1.05. The first-order valence-electron chi connectivity index (χ1n) is 11.5. The van der Waals surface area contributed by atoms with Crippen LogP contribution in [0, 0.1) is 0 Å². The number of ether oxygens (including phenoxy) is 1. The normalized spacial score (nSPS) is 16.4. The lowest BCUT2D eigenvalue weighted by molar-refractivity contribution is 0.398. The third-order valence-corrected chi connectivity index (χ3v) is 9.32. The van der Waals surface area contributed by atoms with Crippen molar-refractivity contribution in [1.29, 1.82) is 0 Å². The maximum Gasteiger partial charge on any atom is 0.212 e. The highest BCUT2D eigenvalue weighted by molar-refractivity contribution is 7.92. The average Bonchev–Trinajstić information content (AvgIpc) is 3.63. The third-order valence-electron chi connectivity index (χ3n) is 7.25. The Bertz CT molecular complexity index is 1550. The summed E-state index contributed by atoms with van der Waals surface area (Å²) >= 11 is 0. The van der Waals surface area contributed by atoms with Crippen LogP contribution in [0.25, 0.3) is 22.0 Å². The van der Waals surface area contributed by atoms with Gasteiger partial charge in [-0.15, -0.1) is 0 Å². The van der Waals surface area contributed by atoms with Gasteiger partial charge in [-0.05, 0) is 54.3 Å². The number of benzene rings is 2. The van der Waals surface area contributed by atoms with Crippen molar-refractivity contribution in [3.05, 3.63) is 72.6 Å². The summed E-state index contributed by atoms with van der Waals surface area (Å²) in [6.45, 7) is 0.682. The molecule has 2 aliphatic rings. The minimum atomic E-state index is -3.14. The van der Waals surface area contributed by atoms with Gasteiger partial charge in [0.05, 0.1) is 41.6 Å². The van der Waals surface area contributed by atoms with E-state index in [4.69, 9.17) is 9.72 Å². The molecule has 0 saturated heterocycles. The summed E-state index contributed by atoms with van der Waals surface area (Å²) in [6.07, 6.45) is 6.46. The van der Waals surface area contributed by atoms with E-state index in [0.717, 1.165) is 44.7 Å². The number of rotatable bonds is 5. The maximum atomic E-state index is 12.4. The largest absolute Gasteiger partial charge is 0.481 e. The summed E-state index contributed by atoms with van der Waals surface area (Å²) in [5.74, 6) is 0.581. The molecular weight excluding hydrogens is 460 g/mol. The number of fused-ring (bicyclic) bond motifs is 3. The second-order valence-corrected chi connectivity index (χ2v) is 11.7. The van der Waals surface area contributed by atoms with Crippen LogP contribution in [-0.2, 0) is 14.6 Å². The van der Waals surface area contributed by atoms with Gasteiger partial charge in [0.25, 0.3) is 0 Å². The fraction of sp³-hybridized carbons (Fsp3) is 0.259. The quantitative estimate of drug-likeness (QED) is 0.398. The second kappa shape index (κ2) is 7.68. The predicted molar refractivity (Wildman–Crippen MR) is 139 cm³/mol. The molecule has 4 aromatic rings. The van der Waals surface area contributed by atoms with Crippen molar-refractivity contribution >= 4 is 37.8 Å².